The number of rotatable bonds is 3. The summed E-state index contributed by atoms with van der Waals surface area (Å²) < 4.78 is 5.24. The van der Waals surface area contributed by atoms with Gasteiger partial charge in [-0.25, -0.2) is 0 Å². The highest BCUT2D eigenvalue weighted by molar-refractivity contribution is 5.94. The average Bonchev–Trinajstić information content (AvgIpc) is 2.92. The molecular formula is C15H17N3O2. The van der Waals surface area contributed by atoms with Crippen LogP contribution in [0.4, 0.5) is 0 Å². The van der Waals surface area contributed by atoms with E-state index in [1.807, 2.05) is 37.3 Å². The molecule has 0 radical (unpaired) electrons. The maximum absolute atomic E-state index is 12.3. The monoisotopic (exact) mass is 271 g/mol. The van der Waals surface area contributed by atoms with Crippen molar-refractivity contribution in [3.63, 3.8) is 0 Å². The van der Waals surface area contributed by atoms with Crippen LogP contribution < -0.4 is 10.6 Å². The van der Waals surface area contributed by atoms with E-state index in [0.29, 0.717) is 12.2 Å². The van der Waals surface area contributed by atoms with E-state index in [-0.39, 0.29) is 11.9 Å². The quantitative estimate of drug-likeness (QED) is 0.893. The lowest BCUT2D eigenvalue weighted by Crippen LogP contribution is -2.30. The summed E-state index contributed by atoms with van der Waals surface area (Å²) in [6.07, 6.45) is 0.782. The van der Waals surface area contributed by atoms with E-state index in [0.717, 1.165) is 29.9 Å². The van der Waals surface area contributed by atoms with E-state index < -0.39 is 0 Å². The fourth-order valence-electron chi connectivity index (χ4n) is 2.41. The highest BCUT2D eigenvalue weighted by atomic mass is 16.5. The third-order valence-electron chi connectivity index (χ3n) is 3.56. The second kappa shape index (κ2) is 5.46. The van der Waals surface area contributed by atoms with Gasteiger partial charge in [0.05, 0.1) is 6.04 Å². The van der Waals surface area contributed by atoms with E-state index in [9.17, 15) is 4.79 Å². The first-order valence-electron chi connectivity index (χ1n) is 6.79. The molecule has 0 aliphatic carbocycles. The largest absolute Gasteiger partial charge is 0.360 e. The highest BCUT2D eigenvalue weighted by Gasteiger charge is 2.24. The SMILES string of the molecule is CC(NC(=O)c1noc2c1CNCC2)c1ccccc1. The summed E-state index contributed by atoms with van der Waals surface area (Å²) in [5, 5.41) is 10.1. The van der Waals surface area contributed by atoms with Crippen molar-refractivity contribution in [2.24, 2.45) is 0 Å². The van der Waals surface area contributed by atoms with Crippen LogP contribution in [0.25, 0.3) is 0 Å². The summed E-state index contributed by atoms with van der Waals surface area (Å²) in [4.78, 5) is 12.3. The van der Waals surface area contributed by atoms with Crippen LogP contribution in [0.1, 0.15) is 40.3 Å². The molecule has 0 bridgehead atoms. The Balaban J connectivity index is 1.75. The van der Waals surface area contributed by atoms with E-state index in [1.54, 1.807) is 0 Å². The summed E-state index contributed by atoms with van der Waals surface area (Å²) >= 11 is 0. The zero-order valence-electron chi connectivity index (χ0n) is 11.3. The number of amides is 1. The van der Waals surface area contributed by atoms with Crippen molar-refractivity contribution in [2.75, 3.05) is 6.54 Å². The van der Waals surface area contributed by atoms with Crippen molar-refractivity contribution in [1.29, 1.82) is 0 Å². The third-order valence-corrected chi connectivity index (χ3v) is 3.56. The normalized spacial score (nSPS) is 15.4. The minimum absolute atomic E-state index is 0.0624. The number of fused-ring (bicyclic) bond motifs is 1. The Morgan fingerprint density at radius 3 is 3.00 bits per heavy atom. The van der Waals surface area contributed by atoms with Gasteiger partial charge >= 0.3 is 0 Å². The van der Waals surface area contributed by atoms with Crippen molar-refractivity contribution in [1.82, 2.24) is 15.8 Å². The molecule has 3 rings (SSSR count). The summed E-state index contributed by atoms with van der Waals surface area (Å²) in [6.45, 7) is 3.46. The average molecular weight is 271 g/mol. The highest BCUT2D eigenvalue weighted by Crippen LogP contribution is 2.19. The molecule has 2 heterocycles. The van der Waals surface area contributed by atoms with Gasteiger partial charge in [0, 0.05) is 25.1 Å². The van der Waals surface area contributed by atoms with Gasteiger partial charge in [-0.1, -0.05) is 35.5 Å². The number of hydrogen-bond donors (Lipinski definition) is 2. The minimum atomic E-state index is -0.185. The molecule has 0 spiro atoms. The summed E-state index contributed by atoms with van der Waals surface area (Å²) in [5.74, 6) is 0.635. The van der Waals surface area contributed by atoms with Crippen LogP contribution in [0.5, 0.6) is 0 Å². The topological polar surface area (TPSA) is 67.2 Å². The van der Waals surface area contributed by atoms with Crippen molar-refractivity contribution in [3.8, 4) is 0 Å². The lowest BCUT2D eigenvalue weighted by Gasteiger charge is -2.15. The van der Waals surface area contributed by atoms with Crippen molar-refractivity contribution >= 4 is 5.91 Å². The van der Waals surface area contributed by atoms with Crippen LogP contribution in [0.3, 0.4) is 0 Å². The standard InChI is InChI=1S/C15H17N3O2/c1-10(11-5-3-2-4-6-11)17-15(19)14-12-9-16-8-7-13(12)20-18-14/h2-6,10,16H,7-9H2,1H3,(H,17,19). The predicted molar refractivity (Wildman–Crippen MR) is 74.2 cm³/mol. The fourth-order valence-corrected chi connectivity index (χ4v) is 2.41. The number of aromatic nitrogens is 1. The molecule has 2 aromatic rings. The Labute approximate surface area is 117 Å². The van der Waals surface area contributed by atoms with Crippen LogP contribution in [0.15, 0.2) is 34.9 Å². The second-order valence-electron chi connectivity index (χ2n) is 4.97. The van der Waals surface area contributed by atoms with Gasteiger partial charge in [-0.05, 0) is 12.5 Å². The summed E-state index contributed by atoms with van der Waals surface area (Å²) in [6, 6.07) is 9.79. The van der Waals surface area contributed by atoms with Gasteiger partial charge in [-0.2, -0.15) is 0 Å². The molecule has 1 aromatic carbocycles. The van der Waals surface area contributed by atoms with Crippen molar-refractivity contribution < 1.29 is 9.32 Å². The molecule has 104 valence electrons. The third kappa shape index (κ3) is 2.44. The molecule has 5 nitrogen and oxygen atoms in total. The number of carbonyl (C=O) groups is 1. The van der Waals surface area contributed by atoms with Gasteiger partial charge in [0.25, 0.3) is 5.91 Å². The number of benzene rings is 1. The first kappa shape index (κ1) is 12.9. The fraction of sp³-hybridized carbons (Fsp3) is 0.333. The lowest BCUT2D eigenvalue weighted by molar-refractivity contribution is 0.0930. The minimum Gasteiger partial charge on any atom is -0.360 e. The van der Waals surface area contributed by atoms with Gasteiger partial charge in [0.2, 0.25) is 0 Å². The molecule has 2 N–H and O–H groups in total. The summed E-state index contributed by atoms with van der Waals surface area (Å²) in [7, 11) is 0. The lowest BCUT2D eigenvalue weighted by atomic mass is 10.1. The second-order valence-corrected chi connectivity index (χ2v) is 4.97. The van der Waals surface area contributed by atoms with Crippen LogP contribution in [-0.4, -0.2) is 17.6 Å². The van der Waals surface area contributed by atoms with E-state index >= 15 is 0 Å². The van der Waals surface area contributed by atoms with Crippen LogP contribution >= 0.6 is 0 Å². The number of nitrogens with one attached hydrogen (secondary N) is 2. The molecule has 0 saturated heterocycles. The van der Waals surface area contributed by atoms with Gasteiger partial charge in [0.15, 0.2) is 5.69 Å². The van der Waals surface area contributed by atoms with Gasteiger partial charge in [-0.15, -0.1) is 0 Å². The molecule has 1 aromatic heterocycles. The molecule has 0 saturated carbocycles. The number of hydrogen-bond acceptors (Lipinski definition) is 4. The van der Waals surface area contributed by atoms with Crippen LogP contribution in [0, 0.1) is 0 Å². The Morgan fingerprint density at radius 2 is 2.20 bits per heavy atom. The Morgan fingerprint density at radius 1 is 1.40 bits per heavy atom. The zero-order valence-corrected chi connectivity index (χ0v) is 11.3. The first-order chi connectivity index (χ1) is 9.75. The maximum atomic E-state index is 12.3. The number of carbonyl (C=O) groups excluding carboxylic acids is 1. The predicted octanol–water partition coefficient (Wildman–Crippen LogP) is 1.81. The van der Waals surface area contributed by atoms with E-state index in [1.165, 1.54) is 0 Å². The van der Waals surface area contributed by atoms with Gasteiger partial charge in [0.1, 0.15) is 5.76 Å². The van der Waals surface area contributed by atoms with E-state index in [4.69, 9.17) is 4.52 Å². The van der Waals surface area contributed by atoms with Crippen molar-refractivity contribution in [2.45, 2.75) is 25.9 Å². The maximum Gasteiger partial charge on any atom is 0.274 e. The Bertz CT molecular complexity index is 607. The summed E-state index contributed by atoms with van der Waals surface area (Å²) in [5.41, 5.74) is 2.35. The molecule has 1 aliphatic heterocycles. The molecule has 1 unspecified atom stereocenters. The smallest absolute Gasteiger partial charge is 0.274 e. The van der Waals surface area contributed by atoms with Gasteiger partial charge < -0.3 is 15.2 Å². The Hall–Kier alpha value is -2.14. The van der Waals surface area contributed by atoms with Crippen molar-refractivity contribution in [3.05, 3.63) is 52.9 Å². The molecule has 1 atom stereocenters. The number of nitrogens with zero attached hydrogens (tertiary/aromatic N) is 1. The first-order valence-corrected chi connectivity index (χ1v) is 6.79. The van der Waals surface area contributed by atoms with E-state index in [2.05, 4.69) is 15.8 Å². The van der Waals surface area contributed by atoms with Crippen LogP contribution in [0.2, 0.25) is 0 Å². The van der Waals surface area contributed by atoms with Gasteiger partial charge in [-0.3, -0.25) is 4.79 Å². The molecule has 20 heavy (non-hydrogen) atoms. The zero-order chi connectivity index (χ0) is 13.9. The van der Waals surface area contributed by atoms with Crippen LogP contribution in [-0.2, 0) is 13.0 Å². The molecular weight excluding hydrogens is 254 g/mol. The molecule has 1 amide bonds. The Kier molecular flexibility index (Phi) is 3.52. The molecule has 5 heteroatoms. The molecule has 0 fully saturated rings. The molecule has 1 aliphatic rings.